The molecule has 0 spiro atoms. The standard InChI is InChI=1S/C16H20N2O4S2/c1-14-8-10-16(11-9-14)24(21,22)18(2)13-12-17-23(19,20)15-6-4-3-5-7-15/h3-11,17H,12-13H2,1-2H3. The quantitative estimate of drug-likeness (QED) is 0.804. The molecule has 0 aliphatic rings. The van der Waals surface area contributed by atoms with E-state index in [1.54, 1.807) is 30.3 Å². The predicted octanol–water partition coefficient (Wildman–Crippen LogP) is 1.59. The van der Waals surface area contributed by atoms with Crippen molar-refractivity contribution < 1.29 is 16.8 Å². The highest BCUT2D eigenvalue weighted by molar-refractivity contribution is 7.89. The molecule has 0 bridgehead atoms. The zero-order valence-electron chi connectivity index (χ0n) is 13.5. The lowest BCUT2D eigenvalue weighted by Gasteiger charge is -2.17. The second-order valence-electron chi connectivity index (χ2n) is 5.35. The fourth-order valence-electron chi connectivity index (χ4n) is 2.03. The fraction of sp³-hybridized carbons (Fsp3) is 0.250. The summed E-state index contributed by atoms with van der Waals surface area (Å²) in [6.07, 6.45) is 0. The molecule has 2 rings (SSSR count). The second-order valence-corrected chi connectivity index (χ2v) is 9.16. The largest absolute Gasteiger partial charge is 0.242 e. The third kappa shape index (κ3) is 4.41. The van der Waals surface area contributed by atoms with Gasteiger partial charge in [0.15, 0.2) is 0 Å². The molecule has 2 aromatic rings. The Morgan fingerprint density at radius 2 is 1.46 bits per heavy atom. The summed E-state index contributed by atoms with van der Waals surface area (Å²) < 4.78 is 52.6. The summed E-state index contributed by atoms with van der Waals surface area (Å²) in [6, 6.07) is 14.5. The first kappa shape index (κ1) is 18.6. The summed E-state index contributed by atoms with van der Waals surface area (Å²) >= 11 is 0. The lowest BCUT2D eigenvalue weighted by molar-refractivity contribution is 0.469. The van der Waals surface area contributed by atoms with Crippen molar-refractivity contribution >= 4 is 20.0 Å². The molecule has 0 radical (unpaired) electrons. The summed E-state index contributed by atoms with van der Waals surface area (Å²) in [5.74, 6) is 0. The van der Waals surface area contributed by atoms with E-state index in [1.165, 1.54) is 31.3 Å². The Morgan fingerprint density at radius 1 is 0.875 bits per heavy atom. The van der Waals surface area contributed by atoms with E-state index in [0.29, 0.717) is 0 Å². The molecule has 0 saturated heterocycles. The highest BCUT2D eigenvalue weighted by atomic mass is 32.2. The van der Waals surface area contributed by atoms with Crippen molar-refractivity contribution in [1.82, 2.24) is 9.03 Å². The Bertz CT molecular complexity index is 877. The maximum atomic E-state index is 12.4. The van der Waals surface area contributed by atoms with Gasteiger partial charge in [-0.1, -0.05) is 35.9 Å². The summed E-state index contributed by atoms with van der Waals surface area (Å²) in [7, 11) is -5.86. The van der Waals surface area contributed by atoms with E-state index in [-0.39, 0.29) is 22.9 Å². The van der Waals surface area contributed by atoms with Crippen molar-refractivity contribution in [2.24, 2.45) is 0 Å². The van der Waals surface area contributed by atoms with E-state index in [0.717, 1.165) is 9.87 Å². The molecule has 8 heteroatoms. The van der Waals surface area contributed by atoms with Crippen LogP contribution in [0, 0.1) is 6.92 Å². The second kappa shape index (κ2) is 7.43. The average Bonchev–Trinajstić information content (AvgIpc) is 2.56. The van der Waals surface area contributed by atoms with Gasteiger partial charge in [-0.3, -0.25) is 0 Å². The maximum absolute atomic E-state index is 12.4. The molecular formula is C16H20N2O4S2. The fourth-order valence-corrected chi connectivity index (χ4v) is 4.24. The number of benzene rings is 2. The Kier molecular flexibility index (Phi) is 5.76. The van der Waals surface area contributed by atoms with E-state index >= 15 is 0 Å². The van der Waals surface area contributed by atoms with Gasteiger partial charge in [0.1, 0.15) is 0 Å². The Morgan fingerprint density at radius 3 is 2.04 bits per heavy atom. The van der Waals surface area contributed by atoms with Crippen LogP contribution in [0.4, 0.5) is 0 Å². The number of nitrogens with zero attached hydrogens (tertiary/aromatic N) is 1. The molecule has 0 unspecified atom stereocenters. The van der Waals surface area contributed by atoms with Crippen molar-refractivity contribution in [3.05, 3.63) is 60.2 Å². The van der Waals surface area contributed by atoms with E-state index in [2.05, 4.69) is 4.72 Å². The Balaban J connectivity index is 2.00. The Hall–Kier alpha value is -1.74. The van der Waals surface area contributed by atoms with Crippen molar-refractivity contribution in [2.75, 3.05) is 20.1 Å². The van der Waals surface area contributed by atoms with Gasteiger partial charge in [-0.15, -0.1) is 0 Å². The molecule has 6 nitrogen and oxygen atoms in total. The summed E-state index contributed by atoms with van der Waals surface area (Å²) in [6.45, 7) is 1.89. The number of aryl methyl sites for hydroxylation is 1. The number of hydrogen-bond donors (Lipinski definition) is 1. The van der Waals surface area contributed by atoms with Crippen LogP contribution in [0.2, 0.25) is 0 Å². The van der Waals surface area contributed by atoms with Crippen LogP contribution in [0.3, 0.4) is 0 Å². The first-order chi connectivity index (χ1) is 11.2. The van der Waals surface area contributed by atoms with Crippen LogP contribution in [-0.4, -0.2) is 41.3 Å². The molecule has 0 amide bonds. The topological polar surface area (TPSA) is 83.6 Å². The van der Waals surface area contributed by atoms with Crippen molar-refractivity contribution in [3.63, 3.8) is 0 Å². The minimum Gasteiger partial charge on any atom is -0.210 e. The first-order valence-corrected chi connectivity index (χ1v) is 10.2. The molecule has 0 atom stereocenters. The molecule has 0 saturated carbocycles. The van der Waals surface area contributed by atoms with E-state index in [1.807, 2.05) is 6.92 Å². The minimum absolute atomic E-state index is 0.0151. The molecule has 24 heavy (non-hydrogen) atoms. The summed E-state index contributed by atoms with van der Waals surface area (Å²) in [5.41, 5.74) is 0.965. The van der Waals surface area contributed by atoms with Gasteiger partial charge >= 0.3 is 0 Å². The van der Waals surface area contributed by atoms with Gasteiger partial charge in [0.2, 0.25) is 20.0 Å². The maximum Gasteiger partial charge on any atom is 0.242 e. The van der Waals surface area contributed by atoms with E-state index in [4.69, 9.17) is 0 Å². The highest BCUT2D eigenvalue weighted by Gasteiger charge is 2.21. The molecule has 2 aromatic carbocycles. The van der Waals surface area contributed by atoms with E-state index < -0.39 is 20.0 Å². The lowest BCUT2D eigenvalue weighted by Crippen LogP contribution is -2.36. The van der Waals surface area contributed by atoms with E-state index in [9.17, 15) is 16.8 Å². The van der Waals surface area contributed by atoms with Gasteiger partial charge in [0.25, 0.3) is 0 Å². The molecule has 0 heterocycles. The van der Waals surface area contributed by atoms with Crippen LogP contribution in [0.5, 0.6) is 0 Å². The van der Waals surface area contributed by atoms with Gasteiger partial charge in [-0.2, -0.15) is 4.31 Å². The van der Waals surface area contributed by atoms with Crippen LogP contribution in [0.15, 0.2) is 64.4 Å². The van der Waals surface area contributed by atoms with Gasteiger partial charge in [0, 0.05) is 20.1 Å². The van der Waals surface area contributed by atoms with Crippen LogP contribution in [0.25, 0.3) is 0 Å². The SMILES string of the molecule is Cc1ccc(S(=O)(=O)N(C)CCNS(=O)(=O)c2ccccc2)cc1. The number of nitrogens with one attached hydrogen (secondary N) is 1. The molecule has 1 N–H and O–H groups in total. The predicted molar refractivity (Wildman–Crippen MR) is 92.6 cm³/mol. The van der Waals surface area contributed by atoms with Crippen LogP contribution in [-0.2, 0) is 20.0 Å². The van der Waals surface area contributed by atoms with Gasteiger partial charge in [-0.25, -0.2) is 21.6 Å². The molecular weight excluding hydrogens is 348 g/mol. The molecule has 0 aromatic heterocycles. The van der Waals surface area contributed by atoms with Crippen molar-refractivity contribution in [3.8, 4) is 0 Å². The first-order valence-electron chi connectivity index (χ1n) is 7.31. The molecule has 130 valence electrons. The molecule has 0 fully saturated rings. The number of likely N-dealkylation sites (N-methyl/N-ethyl adjacent to an activating group) is 1. The third-order valence-corrected chi connectivity index (χ3v) is 6.85. The normalized spacial score (nSPS) is 12.5. The Labute approximate surface area is 143 Å². The average molecular weight is 368 g/mol. The molecule has 0 aliphatic heterocycles. The number of sulfonamides is 2. The summed E-state index contributed by atoms with van der Waals surface area (Å²) in [5, 5.41) is 0. The smallest absolute Gasteiger partial charge is 0.210 e. The minimum atomic E-state index is -3.64. The zero-order chi connectivity index (χ0) is 17.8. The molecule has 0 aliphatic carbocycles. The van der Waals surface area contributed by atoms with Crippen LogP contribution < -0.4 is 4.72 Å². The van der Waals surface area contributed by atoms with Crippen molar-refractivity contribution in [2.45, 2.75) is 16.7 Å². The van der Waals surface area contributed by atoms with Crippen LogP contribution >= 0.6 is 0 Å². The van der Waals surface area contributed by atoms with Gasteiger partial charge < -0.3 is 0 Å². The van der Waals surface area contributed by atoms with Crippen molar-refractivity contribution in [1.29, 1.82) is 0 Å². The highest BCUT2D eigenvalue weighted by Crippen LogP contribution is 2.14. The monoisotopic (exact) mass is 368 g/mol. The van der Waals surface area contributed by atoms with Gasteiger partial charge in [0.05, 0.1) is 9.79 Å². The lowest BCUT2D eigenvalue weighted by atomic mass is 10.2. The number of rotatable bonds is 7. The third-order valence-electron chi connectivity index (χ3n) is 3.50. The van der Waals surface area contributed by atoms with Gasteiger partial charge in [-0.05, 0) is 31.2 Å². The summed E-state index contributed by atoms with van der Waals surface area (Å²) in [4.78, 5) is 0.329. The zero-order valence-corrected chi connectivity index (χ0v) is 15.1. The number of hydrogen-bond acceptors (Lipinski definition) is 4. The van der Waals surface area contributed by atoms with Crippen LogP contribution in [0.1, 0.15) is 5.56 Å².